The lowest BCUT2D eigenvalue weighted by Crippen LogP contribution is -2.16. The zero-order chi connectivity index (χ0) is 10.9. The molecule has 1 atom stereocenters. The monoisotopic (exact) mass is 208 g/mol. The van der Waals surface area contributed by atoms with Gasteiger partial charge in [0.05, 0.1) is 11.8 Å². The molecule has 0 aliphatic rings. The van der Waals surface area contributed by atoms with E-state index < -0.39 is 23.8 Å². The van der Waals surface area contributed by atoms with Gasteiger partial charge in [-0.3, -0.25) is 4.68 Å². The first-order valence-electron chi connectivity index (χ1n) is 3.66. The fraction of sp³-hybridized carbons (Fsp3) is 0.429. The Bertz CT molecular complexity index is 345. The molecule has 0 aromatic carbocycles. The maximum absolute atomic E-state index is 12.1. The van der Waals surface area contributed by atoms with Gasteiger partial charge >= 0.3 is 12.1 Å². The molecule has 0 radical (unpaired) electrons. The first-order valence-corrected chi connectivity index (χ1v) is 3.66. The minimum atomic E-state index is -4.49. The predicted octanol–water partition coefficient (Wildman–Crippen LogP) is 1.55. The van der Waals surface area contributed by atoms with E-state index >= 15 is 0 Å². The van der Waals surface area contributed by atoms with Crippen LogP contribution in [0.25, 0.3) is 0 Å². The lowest BCUT2D eigenvalue weighted by atomic mass is 10.3. The number of aromatic nitrogens is 2. The number of carbonyl (C=O) groups is 1. The molecule has 4 nitrogen and oxygen atoms in total. The van der Waals surface area contributed by atoms with Crippen molar-refractivity contribution in [3.05, 3.63) is 18.0 Å². The van der Waals surface area contributed by atoms with Gasteiger partial charge in [-0.2, -0.15) is 18.3 Å². The number of carboxylic acids is 1. The molecule has 0 bridgehead atoms. The Hall–Kier alpha value is -1.53. The summed E-state index contributed by atoms with van der Waals surface area (Å²) in [6.07, 6.45) is -3.23. The Labute approximate surface area is 77.0 Å². The van der Waals surface area contributed by atoms with Crippen molar-refractivity contribution in [1.82, 2.24) is 9.78 Å². The second-order valence-electron chi connectivity index (χ2n) is 2.72. The highest BCUT2D eigenvalue weighted by Gasteiger charge is 2.33. The number of halogens is 3. The molecule has 0 saturated heterocycles. The van der Waals surface area contributed by atoms with Crippen LogP contribution in [0.15, 0.2) is 12.4 Å². The first kappa shape index (κ1) is 10.6. The molecule has 0 aliphatic carbocycles. The van der Waals surface area contributed by atoms with E-state index in [1.165, 1.54) is 6.92 Å². The van der Waals surface area contributed by atoms with Gasteiger partial charge in [-0.15, -0.1) is 0 Å². The highest BCUT2D eigenvalue weighted by Crippen LogP contribution is 2.28. The van der Waals surface area contributed by atoms with Gasteiger partial charge < -0.3 is 5.11 Å². The molecule has 1 N–H and O–H groups in total. The van der Waals surface area contributed by atoms with E-state index in [0.29, 0.717) is 12.4 Å². The quantitative estimate of drug-likeness (QED) is 0.802. The number of hydrogen-bond donors (Lipinski definition) is 1. The standard InChI is InChI=1S/C7H7F3N2O2/c1-4(6(13)14)12-3-5(2-11-12)7(8,9)10/h2-4H,1H3,(H,13,14)/t4-/m0/s1. The van der Waals surface area contributed by atoms with E-state index in [-0.39, 0.29) is 0 Å². The van der Waals surface area contributed by atoms with Crippen molar-refractivity contribution in [1.29, 1.82) is 0 Å². The van der Waals surface area contributed by atoms with E-state index in [4.69, 9.17) is 5.11 Å². The number of alkyl halides is 3. The van der Waals surface area contributed by atoms with Crippen LogP contribution in [0.2, 0.25) is 0 Å². The zero-order valence-electron chi connectivity index (χ0n) is 7.12. The molecule has 1 aromatic heterocycles. The van der Waals surface area contributed by atoms with Gasteiger partial charge in [-0.05, 0) is 6.92 Å². The molecule has 0 spiro atoms. The minimum Gasteiger partial charge on any atom is -0.480 e. The predicted molar refractivity (Wildman–Crippen MR) is 39.6 cm³/mol. The molecule has 1 rings (SSSR count). The van der Waals surface area contributed by atoms with Crippen molar-refractivity contribution >= 4 is 5.97 Å². The van der Waals surface area contributed by atoms with Crippen LogP contribution in [0.1, 0.15) is 18.5 Å². The third-order valence-corrected chi connectivity index (χ3v) is 1.68. The van der Waals surface area contributed by atoms with Gasteiger partial charge in [-0.25, -0.2) is 4.79 Å². The Morgan fingerprint density at radius 2 is 2.21 bits per heavy atom. The van der Waals surface area contributed by atoms with Crippen LogP contribution < -0.4 is 0 Å². The van der Waals surface area contributed by atoms with Crippen molar-refractivity contribution in [3.63, 3.8) is 0 Å². The summed E-state index contributed by atoms with van der Waals surface area (Å²) in [7, 11) is 0. The molecular weight excluding hydrogens is 201 g/mol. The van der Waals surface area contributed by atoms with Crippen LogP contribution in [0.3, 0.4) is 0 Å². The molecule has 0 saturated carbocycles. The largest absolute Gasteiger partial charge is 0.480 e. The van der Waals surface area contributed by atoms with Crippen molar-refractivity contribution in [2.45, 2.75) is 19.1 Å². The summed E-state index contributed by atoms with van der Waals surface area (Å²) in [5.74, 6) is -1.23. The lowest BCUT2D eigenvalue weighted by Gasteiger charge is -2.05. The Morgan fingerprint density at radius 1 is 1.64 bits per heavy atom. The number of hydrogen-bond acceptors (Lipinski definition) is 2. The van der Waals surface area contributed by atoms with Crippen LogP contribution in [0.4, 0.5) is 13.2 Å². The van der Waals surface area contributed by atoms with Crippen LogP contribution in [-0.2, 0) is 11.0 Å². The van der Waals surface area contributed by atoms with Crippen molar-refractivity contribution in [2.75, 3.05) is 0 Å². The summed E-state index contributed by atoms with van der Waals surface area (Å²) in [6, 6.07) is -1.11. The number of aliphatic carboxylic acids is 1. The highest BCUT2D eigenvalue weighted by molar-refractivity contribution is 5.71. The Morgan fingerprint density at radius 3 is 2.57 bits per heavy atom. The van der Waals surface area contributed by atoms with E-state index in [9.17, 15) is 18.0 Å². The van der Waals surface area contributed by atoms with Crippen LogP contribution in [0.5, 0.6) is 0 Å². The van der Waals surface area contributed by atoms with Crippen molar-refractivity contribution in [2.24, 2.45) is 0 Å². The summed E-state index contributed by atoms with van der Waals surface area (Å²) in [5.41, 5.74) is -0.953. The average Bonchev–Trinajstić information content (AvgIpc) is 2.49. The number of carboxylic acid groups (broad SMARTS) is 1. The summed E-state index contributed by atoms with van der Waals surface area (Å²) in [4.78, 5) is 10.4. The molecule has 0 aliphatic heterocycles. The van der Waals surface area contributed by atoms with Gasteiger partial charge in [0.2, 0.25) is 0 Å². The summed E-state index contributed by atoms with van der Waals surface area (Å²) in [5, 5.41) is 11.8. The average molecular weight is 208 g/mol. The molecule has 0 amide bonds. The van der Waals surface area contributed by atoms with Crippen LogP contribution in [0, 0.1) is 0 Å². The molecule has 0 unspecified atom stereocenters. The zero-order valence-corrected chi connectivity index (χ0v) is 7.12. The second kappa shape index (κ2) is 3.32. The van der Waals surface area contributed by atoms with Crippen molar-refractivity contribution in [3.8, 4) is 0 Å². The summed E-state index contributed by atoms with van der Waals surface area (Å²) < 4.78 is 37.0. The molecule has 7 heteroatoms. The van der Waals surface area contributed by atoms with Gasteiger partial charge in [0, 0.05) is 6.20 Å². The van der Waals surface area contributed by atoms with E-state index in [2.05, 4.69) is 5.10 Å². The maximum atomic E-state index is 12.1. The SMILES string of the molecule is C[C@@H](C(=O)O)n1cc(C(F)(F)F)cn1. The Balaban J connectivity index is 2.94. The van der Waals surface area contributed by atoms with Gasteiger partial charge in [0.1, 0.15) is 6.04 Å². The normalized spacial score (nSPS) is 14.0. The molecular formula is C7H7F3N2O2. The highest BCUT2D eigenvalue weighted by atomic mass is 19.4. The number of nitrogens with zero attached hydrogens (tertiary/aromatic N) is 2. The third kappa shape index (κ3) is 2.04. The molecule has 0 fully saturated rings. The lowest BCUT2D eigenvalue weighted by molar-refractivity contribution is -0.141. The van der Waals surface area contributed by atoms with Crippen molar-refractivity contribution < 1.29 is 23.1 Å². The Kier molecular flexibility index (Phi) is 2.50. The van der Waals surface area contributed by atoms with Gasteiger partial charge in [0.25, 0.3) is 0 Å². The summed E-state index contributed by atoms with van der Waals surface area (Å²) >= 11 is 0. The summed E-state index contributed by atoms with van der Waals surface area (Å²) in [6.45, 7) is 1.25. The minimum absolute atomic E-state index is 0.597. The fourth-order valence-electron chi connectivity index (χ4n) is 0.809. The van der Waals surface area contributed by atoms with E-state index in [1.807, 2.05) is 0 Å². The van der Waals surface area contributed by atoms with Gasteiger partial charge in [0.15, 0.2) is 0 Å². The third-order valence-electron chi connectivity index (χ3n) is 1.68. The van der Waals surface area contributed by atoms with E-state index in [0.717, 1.165) is 4.68 Å². The maximum Gasteiger partial charge on any atom is 0.419 e. The molecule has 1 heterocycles. The van der Waals surface area contributed by atoms with Crippen LogP contribution in [-0.4, -0.2) is 20.9 Å². The van der Waals surface area contributed by atoms with Crippen LogP contribution >= 0.6 is 0 Å². The second-order valence-corrected chi connectivity index (χ2v) is 2.72. The fourth-order valence-corrected chi connectivity index (χ4v) is 0.809. The molecule has 14 heavy (non-hydrogen) atoms. The smallest absolute Gasteiger partial charge is 0.419 e. The van der Waals surface area contributed by atoms with Gasteiger partial charge in [-0.1, -0.05) is 0 Å². The molecule has 78 valence electrons. The number of rotatable bonds is 2. The topological polar surface area (TPSA) is 55.1 Å². The molecule has 1 aromatic rings. The first-order chi connectivity index (χ1) is 6.32. The van der Waals surface area contributed by atoms with E-state index in [1.54, 1.807) is 0 Å².